The molecule has 1 amide bonds. The Labute approximate surface area is 132 Å². The van der Waals surface area contributed by atoms with Crippen molar-refractivity contribution in [3.8, 4) is 5.75 Å². The topological polar surface area (TPSA) is 67.6 Å². The molecule has 1 aromatic carbocycles. The largest absolute Gasteiger partial charge is 0.495 e. The van der Waals surface area contributed by atoms with Crippen molar-refractivity contribution in [2.75, 3.05) is 25.1 Å². The van der Waals surface area contributed by atoms with E-state index < -0.39 is 6.04 Å². The zero-order chi connectivity index (χ0) is 16.3. The molecule has 0 bridgehead atoms. The number of nitrogens with zero attached hydrogens (tertiary/aromatic N) is 1. The first-order chi connectivity index (χ1) is 10.3. The molecule has 22 heavy (non-hydrogen) atoms. The Bertz CT molecular complexity index is 525. The van der Waals surface area contributed by atoms with Gasteiger partial charge in [0.15, 0.2) is 0 Å². The van der Waals surface area contributed by atoms with Crippen molar-refractivity contribution in [3.63, 3.8) is 0 Å². The summed E-state index contributed by atoms with van der Waals surface area (Å²) in [6, 6.07) is 7.60. The van der Waals surface area contributed by atoms with Crippen molar-refractivity contribution >= 4 is 11.6 Å². The second kappa shape index (κ2) is 6.57. The Morgan fingerprint density at radius 3 is 2.73 bits per heavy atom. The van der Waals surface area contributed by atoms with Crippen molar-refractivity contribution in [1.29, 1.82) is 0 Å². The van der Waals surface area contributed by atoms with Crippen LogP contribution in [-0.4, -0.2) is 38.2 Å². The number of amides is 1. The van der Waals surface area contributed by atoms with Gasteiger partial charge in [0.05, 0.1) is 18.8 Å². The molecule has 0 radical (unpaired) electrons. The summed E-state index contributed by atoms with van der Waals surface area (Å²) in [6.07, 6.45) is 0.917. The van der Waals surface area contributed by atoms with Gasteiger partial charge in [-0.05, 0) is 24.0 Å². The van der Waals surface area contributed by atoms with Crippen LogP contribution in [0.3, 0.4) is 0 Å². The Kier molecular flexibility index (Phi) is 4.96. The Balaban J connectivity index is 1.97. The fourth-order valence-corrected chi connectivity index (χ4v) is 2.67. The molecule has 5 heteroatoms. The number of methoxy groups -OCH3 is 1. The number of nitrogens with one attached hydrogen (secondary N) is 1. The highest BCUT2D eigenvalue weighted by Crippen LogP contribution is 2.30. The molecule has 0 saturated carbocycles. The van der Waals surface area contributed by atoms with Gasteiger partial charge < -0.3 is 20.7 Å². The molecular weight excluding hydrogens is 278 g/mol. The standard InChI is InChI=1S/C17H27N3O2/c1-17(2,3)15(18)16(21)19-12-9-10-20(11-12)13-7-5-6-8-14(13)22-4/h5-8,12,15H,9-11,18H2,1-4H3,(H,19,21)/t12?,15-/m1/s1. The molecule has 0 spiro atoms. The number of hydrogen-bond donors (Lipinski definition) is 2. The molecule has 1 unspecified atom stereocenters. The second-order valence-electron chi connectivity index (χ2n) is 6.96. The molecule has 1 heterocycles. The van der Waals surface area contributed by atoms with E-state index in [-0.39, 0.29) is 17.4 Å². The van der Waals surface area contributed by atoms with E-state index in [4.69, 9.17) is 10.5 Å². The van der Waals surface area contributed by atoms with Crippen LogP contribution in [0.1, 0.15) is 27.2 Å². The van der Waals surface area contributed by atoms with Gasteiger partial charge in [-0.3, -0.25) is 4.79 Å². The van der Waals surface area contributed by atoms with Crippen LogP contribution in [0.5, 0.6) is 5.75 Å². The highest BCUT2D eigenvalue weighted by atomic mass is 16.5. The zero-order valence-electron chi connectivity index (χ0n) is 13.9. The van der Waals surface area contributed by atoms with Crippen molar-refractivity contribution in [3.05, 3.63) is 24.3 Å². The van der Waals surface area contributed by atoms with Gasteiger partial charge >= 0.3 is 0 Å². The van der Waals surface area contributed by atoms with E-state index in [1.807, 2.05) is 45.0 Å². The van der Waals surface area contributed by atoms with Crippen molar-refractivity contribution < 1.29 is 9.53 Å². The van der Waals surface area contributed by atoms with Gasteiger partial charge in [-0.1, -0.05) is 32.9 Å². The Hall–Kier alpha value is -1.75. The molecule has 1 aromatic rings. The number of carbonyl (C=O) groups is 1. The van der Waals surface area contributed by atoms with Crippen molar-refractivity contribution in [2.45, 2.75) is 39.3 Å². The van der Waals surface area contributed by atoms with Crippen LogP contribution in [0.2, 0.25) is 0 Å². The minimum absolute atomic E-state index is 0.0700. The van der Waals surface area contributed by atoms with Gasteiger partial charge in [0.2, 0.25) is 5.91 Å². The number of nitrogens with two attached hydrogens (primary N) is 1. The van der Waals surface area contributed by atoms with E-state index >= 15 is 0 Å². The third-order valence-corrected chi connectivity index (χ3v) is 4.18. The van der Waals surface area contributed by atoms with Crippen LogP contribution in [0, 0.1) is 5.41 Å². The van der Waals surface area contributed by atoms with E-state index in [2.05, 4.69) is 10.2 Å². The number of anilines is 1. The molecule has 1 aliphatic heterocycles. The van der Waals surface area contributed by atoms with E-state index in [0.29, 0.717) is 0 Å². The first kappa shape index (κ1) is 16.6. The molecule has 3 N–H and O–H groups in total. The van der Waals surface area contributed by atoms with Gasteiger partial charge in [0.25, 0.3) is 0 Å². The predicted molar refractivity (Wildman–Crippen MR) is 89.2 cm³/mol. The van der Waals surface area contributed by atoms with E-state index in [1.165, 1.54) is 0 Å². The van der Waals surface area contributed by atoms with Crippen LogP contribution in [0.4, 0.5) is 5.69 Å². The molecule has 1 aliphatic rings. The summed E-state index contributed by atoms with van der Waals surface area (Å²) in [6.45, 7) is 7.62. The number of para-hydroxylation sites is 2. The van der Waals surface area contributed by atoms with E-state index in [9.17, 15) is 4.79 Å². The SMILES string of the molecule is COc1ccccc1N1CCC(NC(=O)[C@@H](N)C(C)(C)C)C1. The lowest BCUT2D eigenvalue weighted by molar-refractivity contribution is -0.125. The van der Waals surface area contributed by atoms with Crippen LogP contribution in [-0.2, 0) is 4.79 Å². The summed E-state index contributed by atoms with van der Waals surface area (Å²) in [5, 5.41) is 3.08. The van der Waals surface area contributed by atoms with Gasteiger partial charge in [-0.25, -0.2) is 0 Å². The van der Waals surface area contributed by atoms with Crippen LogP contribution in [0.25, 0.3) is 0 Å². The average molecular weight is 305 g/mol. The number of rotatable bonds is 4. The summed E-state index contributed by atoms with van der Waals surface area (Å²) in [4.78, 5) is 14.5. The van der Waals surface area contributed by atoms with E-state index in [1.54, 1.807) is 7.11 Å². The quantitative estimate of drug-likeness (QED) is 0.889. The number of ether oxygens (including phenoxy) is 1. The molecule has 5 nitrogen and oxygen atoms in total. The first-order valence-electron chi connectivity index (χ1n) is 7.77. The van der Waals surface area contributed by atoms with Gasteiger partial charge in [-0.2, -0.15) is 0 Å². The van der Waals surface area contributed by atoms with Crippen LogP contribution < -0.4 is 20.7 Å². The Morgan fingerprint density at radius 1 is 1.41 bits per heavy atom. The lowest BCUT2D eigenvalue weighted by Crippen LogP contribution is -2.51. The fraction of sp³-hybridized carbons (Fsp3) is 0.588. The minimum Gasteiger partial charge on any atom is -0.495 e. The summed E-state index contributed by atoms with van der Waals surface area (Å²) < 4.78 is 5.41. The third-order valence-electron chi connectivity index (χ3n) is 4.18. The van der Waals surface area contributed by atoms with Gasteiger partial charge in [-0.15, -0.1) is 0 Å². The number of benzene rings is 1. The predicted octanol–water partition coefficient (Wildman–Crippen LogP) is 1.76. The lowest BCUT2D eigenvalue weighted by Gasteiger charge is -2.27. The van der Waals surface area contributed by atoms with Crippen molar-refractivity contribution in [2.24, 2.45) is 11.1 Å². The van der Waals surface area contributed by atoms with Crippen molar-refractivity contribution in [1.82, 2.24) is 5.32 Å². The summed E-state index contributed by atoms with van der Waals surface area (Å²) in [7, 11) is 1.68. The minimum atomic E-state index is -0.493. The molecule has 1 fully saturated rings. The van der Waals surface area contributed by atoms with Crippen LogP contribution in [0.15, 0.2) is 24.3 Å². The maximum absolute atomic E-state index is 12.2. The Morgan fingerprint density at radius 2 is 2.09 bits per heavy atom. The monoisotopic (exact) mass is 305 g/mol. The highest BCUT2D eigenvalue weighted by molar-refractivity contribution is 5.82. The maximum Gasteiger partial charge on any atom is 0.237 e. The molecule has 122 valence electrons. The zero-order valence-corrected chi connectivity index (χ0v) is 13.9. The molecular formula is C17H27N3O2. The second-order valence-corrected chi connectivity index (χ2v) is 6.96. The summed E-state index contributed by atoms with van der Waals surface area (Å²) in [5.41, 5.74) is 6.86. The smallest absolute Gasteiger partial charge is 0.237 e. The average Bonchev–Trinajstić information content (AvgIpc) is 2.93. The molecule has 2 atom stereocenters. The molecule has 1 saturated heterocycles. The fourth-order valence-electron chi connectivity index (χ4n) is 2.67. The van der Waals surface area contributed by atoms with Gasteiger partial charge in [0, 0.05) is 19.1 Å². The first-order valence-corrected chi connectivity index (χ1v) is 7.77. The maximum atomic E-state index is 12.2. The summed E-state index contributed by atoms with van der Waals surface area (Å²) >= 11 is 0. The lowest BCUT2D eigenvalue weighted by atomic mass is 9.87. The molecule has 0 aliphatic carbocycles. The normalized spacial score (nSPS) is 19.9. The molecule has 2 rings (SSSR count). The number of hydrogen-bond acceptors (Lipinski definition) is 4. The van der Waals surface area contributed by atoms with Gasteiger partial charge in [0.1, 0.15) is 5.75 Å². The number of carbonyl (C=O) groups excluding carboxylic acids is 1. The van der Waals surface area contributed by atoms with E-state index in [0.717, 1.165) is 30.9 Å². The highest BCUT2D eigenvalue weighted by Gasteiger charge is 2.31. The molecule has 0 aromatic heterocycles. The summed E-state index contributed by atoms with van der Waals surface area (Å²) in [5.74, 6) is 0.792. The third kappa shape index (κ3) is 3.71. The van der Waals surface area contributed by atoms with Crippen LogP contribution >= 0.6 is 0 Å².